The first-order valence-electron chi connectivity index (χ1n) is 8.00. The summed E-state index contributed by atoms with van der Waals surface area (Å²) in [6.45, 7) is 5.84. The van der Waals surface area contributed by atoms with E-state index in [1.165, 1.54) is 15.3 Å². The Labute approximate surface area is 149 Å². The summed E-state index contributed by atoms with van der Waals surface area (Å²) in [6.07, 6.45) is 1.09. The van der Waals surface area contributed by atoms with Gasteiger partial charge in [-0.1, -0.05) is 28.1 Å². The van der Waals surface area contributed by atoms with E-state index in [0.717, 1.165) is 23.0 Å². The number of hydrogen-bond acceptors (Lipinski definition) is 2. The highest BCUT2D eigenvalue weighted by atomic mass is 79.9. The number of carbonyl (C=O) groups is 1. The fourth-order valence-electron chi connectivity index (χ4n) is 3.23. The molecule has 0 aliphatic carbocycles. The first kappa shape index (κ1) is 16.7. The molecular formula is C18H22BrN2OS+. The van der Waals surface area contributed by atoms with Crippen LogP contribution < -0.4 is 10.2 Å². The monoisotopic (exact) mass is 393 g/mol. The van der Waals surface area contributed by atoms with E-state index in [1.54, 1.807) is 0 Å². The molecule has 0 saturated carbocycles. The Morgan fingerprint density at radius 1 is 1.39 bits per heavy atom. The summed E-state index contributed by atoms with van der Waals surface area (Å²) < 4.78 is 1.05. The molecule has 1 aromatic heterocycles. The van der Waals surface area contributed by atoms with E-state index in [0.29, 0.717) is 12.6 Å². The molecule has 0 bridgehead atoms. The summed E-state index contributed by atoms with van der Waals surface area (Å²) >= 11 is 5.28. The van der Waals surface area contributed by atoms with Gasteiger partial charge in [0.15, 0.2) is 6.54 Å². The lowest BCUT2D eigenvalue weighted by atomic mass is 10.0. The number of fused-ring (bicyclic) bond motifs is 1. The number of halogens is 1. The van der Waals surface area contributed by atoms with Crippen LogP contribution in [0.2, 0.25) is 0 Å². The topological polar surface area (TPSA) is 33.5 Å². The smallest absolute Gasteiger partial charge is 0.275 e. The van der Waals surface area contributed by atoms with Crippen molar-refractivity contribution in [3.63, 3.8) is 0 Å². The van der Waals surface area contributed by atoms with Gasteiger partial charge in [0.1, 0.15) is 6.04 Å². The van der Waals surface area contributed by atoms with Crippen LogP contribution >= 0.6 is 27.3 Å². The quantitative estimate of drug-likeness (QED) is 0.822. The molecule has 2 heterocycles. The third-order valence-corrected chi connectivity index (χ3v) is 6.19. The summed E-state index contributed by atoms with van der Waals surface area (Å²) in [7, 11) is 0. The second kappa shape index (κ2) is 7.16. The predicted octanol–water partition coefficient (Wildman–Crippen LogP) is 2.89. The van der Waals surface area contributed by atoms with Gasteiger partial charge in [-0.25, -0.2) is 0 Å². The minimum absolute atomic E-state index is 0.0341. The van der Waals surface area contributed by atoms with Crippen LogP contribution in [0.5, 0.6) is 0 Å². The van der Waals surface area contributed by atoms with Crippen LogP contribution in [0.1, 0.15) is 41.9 Å². The van der Waals surface area contributed by atoms with E-state index in [9.17, 15) is 4.79 Å². The fraction of sp³-hybridized carbons (Fsp3) is 0.389. The molecule has 1 aromatic carbocycles. The molecule has 0 fully saturated rings. The zero-order chi connectivity index (χ0) is 16.4. The third-order valence-electron chi connectivity index (χ3n) is 4.67. The molecule has 2 aromatic rings. The Kier molecular flexibility index (Phi) is 5.19. The van der Waals surface area contributed by atoms with Crippen molar-refractivity contribution < 1.29 is 9.69 Å². The average Bonchev–Trinajstić information content (AvgIpc) is 3.00. The second-order valence-corrected chi connectivity index (χ2v) is 8.11. The normalized spacial score (nSPS) is 21.5. The van der Waals surface area contributed by atoms with Gasteiger partial charge in [-0.2, -0.15) is 0 Å². The van der Waals surface area contributed by atoms with E-state index in [2.05, 4.69) is 39.6 Å². The number of rotatable bonds is 4. The van der Waals surface area contributed by atoms with E-state index in [-0.39, 0.29) is 11.9 Å². The second-order valence-electron chi connectivity index (χ2n) is 6.20. The van der Waals surface area contributed by atoms with Gasteiger partial charge in [0.2, 0.25) is 0 Å². The first-order chi connectivity index (χ1) is 11.0. The van der Waals surface area contributed by atoms with Gasteiger partial charge in [-0.15, -0.1) is 11.3 Å². The van der Waals surface area contributed by atoms with Gasteiger partial charge in [0.05, 0.1) is 12.6 Å². The van der Waals surface area contributed by atoms with Gasteiger partial charge < -0.3 is 10.2 Å². The van der Waals surface area contributed by atoms with E-state index < -0.39 is 0 Å². The van der Waals surface area contributed by atoms with Crippen molar-refractivity contribution >= 4 is 33.2 Å². The Balaban J connectivity index is 1.58. The number of thiophene rings is 1. The molecule has 0 radical (unpaired) electrons. The molecule has 1 unspecified atom stereocenters. The van der Waals surface area contributed by atoms with Gasteiger partial charge in [0.25, 0.3) is 5.91 Å². The lowest BCUT2D eigenvalue weighted by Crippen LogP contribution is -3.14. The average molecular weight is 394 g/mol. The maximum absolute atomic E-state index is 12.4. The lowest BCUT2D eigenvalue weighted by Gasteiger charge is -2.30. The molecule has 122 valence electrons. The Morgan fingerprint density at radius 3 is 2.87 bits per heavy atom. The van der Waals surface area contributed by atoms with Gasteiger partial charge in [-0.05, 0) is 43.0 Å². The van der Waals surface area contributed by atoms with E-state index in [1.807, 2.05) is 42.5 Å². The van der Waals surface area contributed by atoms with Crippen LogP contribution in [0.15, 0.2) is 40.2 Å². The fourth-order valence-corrected chi connectivity index (χ4v) is 4.47. The van der Waals surface area contributed by atoms with Crippen LogP contribution in [0.4, 0.5) is 0 Å². The molecule has 1 aliphatic heterocycles. The lowest BCUT2D eigenvalue weighted by molar-refractivity contribution is -0.924. The Hall–Kier alpha value is -1.17. The van der Waals surface area contributed by atoms with E-state index in [4.69, 9.17) is 0 Å². The molecule has 3 nitrogen and oxygen atoms in total. The highest BCUT2D eigenvalue weighted by molar-refractivity contribution is 9.10. The molecule has 0 saturated heterocycles. The summed E-state index contributed by atoms with van der Waals surface area (Å²) in [5, 5.41) is 5.30. The van der Waals surface area contributed by atoms with Crippen LogP contribution in [-0.4, -0.2) is 19.0 Å². The van der Waals surface area contributed by atoms with Gasteiger partial charge in [-0.3, -0.25) is 4.79 Å². The van der Waals surface area contributed by atoms with Crippen molar-refractivity contribution in [1.29, 1.82) is 0 Å². The van der Waals surface area contributed by atoms with Crippen molar-refractivity contribution in [1.82, 2.24) is 5.32 Å². The first-order valence-corrected chi connectivity index (χ1v) is 9.67. The van der Waals surface area contributed by atoms with Crippen molar-refractivity contribution in [3.8, 4) is 0 Å². The molecule has 3 atom stereocenters. The number of benzene rings is 1. The zero-order valence-electron chi connectivity index (χ0n) is 13.4. The summed E-state index contributed by atoms with van der Waals surface area (Å²) in [4.78, 5) is 15.3. The molecule has 23 heavy (non-hydrogen) atoms. The zero-order valence-corrected chi connectivity index (χ0v) is 15.8. The highest BCUT2D eigenvalue weighted by Crippen LogP contribution is 2.24. The summed E-state index contributed by atoms with van der Waals surface area (Å²) in [5.41, 5.74) is 2.55. The van der Waals surface area contributed by atoms with Gasteiger partial charge >= 0.3 is 0 Å². The number of hydrogen-bond donors (Lipinski definition) is 2. The van der Waals surface area contributed by atoms with Crippen LogP contribution in [0.25, 0.3) is 0 Å². The third kappa shape index (κ3) is 3.84. The molecule has 0 spiro atoms. The SMILES string of the molecule is C[C@H](NC(=O)C[NH+]1CCc2sccc2[C@@H]1C)c1ccc(Br)cc1. The van der Waals surface area contributed by atoms with Crippen molar-refractivity contribution in [2.75, 3.05) is 13.1 Å². The molecule has 5 heteroatoms. The largest absolute Gasteiger partial charge is 0.345 e. The van der Waals surface area contributed by atoms with Gasteiger partial charge in [0, 0.05) is 21.3 Å². The predicted molar refractivity (Wildman–Crippen MR) is 97.8 cm³/mol. The number of nitrogens with one attached hydrogen (secondary N) is 2. The maximum Gasteiger partial charge on any atom is 0.275 e. The molecule has 1 aliphatic rings. The molecular weight excluding hydrogens is 372 g/mol. The molecule has 3 rings (SSSR count). The summed E-state index contributed by atoms with van der Waals surface area (Å²) in [6, 6.07) is 10.8. The van der Waals surface area contributed by atoms with E-state index >= 15 is 0 Å². The minimum atomic E-state index is 0.0341. The number of carbonyl (C=O) groups excluding carboxylic acids is 1. The van der Waals surface area contributed by atoms with Crippen LogP contribution in [-0.2, 0) is 11.2 Å². The van der Waals surface area contributed by atoms with Crippen molar-refractivity contribution in [2.45, 2.75) is 32.4 Å². The molecule has 1 amide bonds. The van der Waals surface area contributed by atoms with Crippen LogP contribution in [0, 0.1) is 0 Å². The Morgan fingerprint density at radius 2 is 2.13 bits per heavy atom. The summed E-state index contributed by atoms with van der Waals surface area (Å²) in [5.74, 6) is 0.126. The highest BCUT2D eigenvalue weighted by Gasteiger charge is 2.29. The van der Waals surface area contributed by atoms with Crippen molar-refractivity contribution in [2.24, 2.45) is 0 Å². The molecule has 2 N–H and O–H groups in total. The number of quaternary nitrogens is 1. The Bertz CT molecular complexity index is 683. The standard InChI is InChI=1S/C18H21BrN2OS/c1-12(14-3-5-15(19)6-4-14)20-18(22)11-21-9-7-17-16(13(21)2)8-10-23-17/h3-6,8,10,12-13H,7,9,11H2,1-2H3,(H,20,22)/p+1/t12-,13-/m0/s1. The minimum Gasteiger partial charge on any atom is -0.345 e. The number of amides is 1. The maximum atomic E-state index is 12.4. The van der Waals surface area contributed by atoms with Crippen molar-refractivity contribution in [3.05, 3.63) is 56.2 Å². The van der Waals surface area contributed by atoms with Crippen LogP contribution in [0.3, 0.4) is 0 Å².